The molecule has 1 fully saturated rings. The van der Waals surface area contributed by atoms with Crippen molar-refractivity contribution in [3.8, 4) is 0 Å². The van der Waals surface area contributed by atoms with Gasteiger partial charge in [-0.05, 0) is 79.2 Å². The number of allylic oxidation sites excluding steroid dienone is 5. The highest BCUT2D eigenvalue weighted by atomic mass is 15.2. The molecule has 0 amide bonds. The van der Waals surface area contributed by atoms with E-state index in [1.807, 2.05) is 0 Å². The second kappa shape index (κ2) is 7.71. The molecule has 1 nitrogen and oxygen atoms in total. The second-order valence-corrected chi connectivity index (χ2v) is 8.78. The molecule has 1 saturated heterocycles. The Morgan fingerprint density at radius 3 is 2.48 bits per heavy atom. The third-order valence-electron chi connectivity index (χ3n) is 6.96. The van der Waals surface area contributed by atoms with Gasteiger partial charge < -0.3 is 4.90 Å². The van der Waals surface area contributed by atoms with Gasteiger partial charge in [0.1, 0.15) is 0 Å². The summed E-state index contributed by atoms with van der Waals surface area (Å²) in [5, 5.41) is 0. The molecule has 1 atom stereocenters. The minimum Gasteiger partial charge on any atom is -0.337 e. The van der Waals surface area contributed by atoms with Crippen LogP contribution in [-0.2, 0) is 0 Å². The van der Waals surface area contributed by atoms with Gasteiger partial charge in [0.25, 0.3) is 0 Å². The second-order valence-electron chi connectivity index (χ2n) is 8.78. The van der Waals surface area contributed by atoms with E-state index in [2.05, 4.69) is 96.5 Å². The quantitative estimate of drug-likeness (QED) is 0.470. The molecule has 0 aliphatic carbocycles. The van der Waals surface area contributed by atoms with Gasteiger partial charge in [0, 0.05) is 23.4 Å². The van der Waals surface area contributed by atoms with Gasteiger partial charge in [0.15, 0.2) is 0 Å². The third kappa shape index (κ3) is 3.48. The van der Waals surface area contributed by atoms with E-state index in [4.69, 9.17) is 0 Å². The zero-order valence-corrected chi connectivity index (χ0v) is 19.1. The van der Waals surface area contributed by atoms with Gasteiger partial charge in [-0.1, -0.05) is 69.8 Å². The van der Waals surface area contributed by atoms with Crippen LogP contribution in [0.1, 0.15) is 57.2 Å². The minimum absolute atomic E-state index is 0.0484. The van der Waals surface area contributed by atoms with E-state index in [-0.39, 0.29) is 5.41 Å². The summed E-state index contributed by atoms with van der Waals surface area (Å²) >= 11 is 0. The molecule has 3 rings (SSSR count). The average molecular weight is 386 g/mol. The number of aryl methyl sites for hydroxylation is 2. The number of hydrogen-bond donors (Lipinski definition) is 0. The maximum absolute atomic E-state index is 4.50. The molecule has 2 heterocycles. The van der Waals surface area contributed by atoms with Gasteiger partial charge in [-0.15, -0.1) is 0 Å². The fourth-order valence-corrected chi connectivity index (χ4v) is 4.47. The lowest BCUT2D eigenvalue weighted by Crippen LogP contribution is -2.28. The van der Waals surface area contributed by atoms with E-state index in [1.165, 1.54) is 44.7 Å². The van der Waals surface area contributed by atoms with Crippen LogP contribution in [-0.4, -0.2) is 11.4 Å². The van der Waals surface area contributed by atoms with Crippen LogP contribution in [0.25, 0.3) is 6.08 Å². The van der Waals surface area contributed by atoms with Crippen LogP contribution in [0, 0.1) is 19.3 Å². The standard InChI is InChI=1S/C28H35N/c1-10-25-22(8)29-17-24(15-23-14-19(5)12-13-20(23)6)21(7)27(29)16-26(25)28(9,11-2)18(3)4/h12-16H,3,7-8,10-11,17H2,1-2,4-6,9H3/b24-15-/t28-/m0/s1. The summed E-state index contributed by atoms with van der Waals surface area (Å²) in [5.41, 5.74) is 12.4. The van der Waals surface area contributed by atoms with E-state index in [0.29, 0.717) is 0 Å². The van der Waals surface area contributed by atoms with Crippen molar-refractivity contribution in [3.63, 3.8) is 0 Å². The predicted molar refractivity (Wildman–Crippen MR) is 127 cm³/mol. The zero-order valence-electron chi connectivity index (χ0n) is 19.1. The van der Waals surface area contributed by atoms with Gasteiger partial charge in [0.2, 0.25) is 0 Å². The van der Waals surface area contributed by atoms with Gasteiger partial charge in [0.05, 0.1) is 0 Å². The topological polar surface area (TPSA) is 3.24 Å². The van der Waals surface area contributed by atoms with Crippen molar-refractivity contribution in [2.45, 2.75) is 54.4 Å². The molecule has 0 N–H and O–H groups in total. The molecule has 0 aromatic heterocycles. The number of nitrogens with zero attached hydrogens (tertiary/aromatic N) is 1. The van der Waals surface area contributed by atoms with Gasteiger partial charge in [-0.2, -0.15) is 0 Å². The molecule has 152 valence electrons. The van der Waals surface area contributed by atoms with Gasteiger partial charge >= 0.3 is 0 Å². The first-order valence-corrected chi connectivity index (χ1v) is 10.7. The monoisotopic (exact) mass is 385 g/mol. The lowest BCUT2D eigenvalue weighted by atomic mass is 9.70. The zero-order chi connectivity index (χ0) is 21.5. The Morgan fingerprint density at radius 2 is 1.90 bits per heavy atom. The Balaban J connectivity index is 2.10. The first kappa shape index (κ1) is 21.2. The molecule has 0 bridgehead atoms. The lowest BCUT2D eigenvalue weighted by Gasteiger charge is -2.38. The maximum Gasteiger partial charge on any atom is 0.0488 e. The molecule has 1 aromatic carbocycles. The Bertz CT molecular complexity index is 995. The minimum atomic E-state index is -0.0484. The summed E-state index contributed by atoms with van der Waals surface area (Å²) in [5.74, 6) is 0. The van der Waals surface area contributed by atoms with Crippen LogP contribution in [0.15, 0.2) is 83.3 Å². The molecule has 2 aliphatic heterocycles. The molecule has 2 aliphatic rings. The summed E-state index contributed by atoms with van der Waals surface area (Å²) in [6.45, 7) is 27.4. The van der Waals surface area contributed by atoms with Crippen molar-refractivity contribution >= 4 is 6.08 Å². The number of rotatable bonds is 5. The highest BCUT2D eigenvalue weighted by Gasteiger charge is 2.37. The van der Waals surface area contributed by atoms with E-state index >= 15 is 0 Å². The fourth-order valence-electron chi connectivity index (χ4n) is 4.47. The largest absolute Gasteiger partial charge is 0.337 e. The van der Waals surface area contributed by atoms with Crippen LogP contribution in [0.5, 0.6) is 0 Å². The number of benzene rings is 1. The molecular formula is C28H35N. The number of hydrogen-bond acceptors (Lipinski definition) is 1. The molecule has 1 heteroatoms. The molecule has 1 aromatic rings. The summed E-state index contributed by atoms with van der Waals surface area (Å²) in [6, 6.07) is 6.62. The van der Waals surface area contributed by atoms with Crippen molar-refractivity contribution in [2.75, 3.05) is 6.54 Å². The van der Waals surface area contributed by atoms with Crippen LogP contribution in [0.2, 0.25) is 0 Å². The Labute approximate surface area is 177 Å². The normalized spacial score (nSPS) is 20.1. The summed E-state index contributed by atoms with van der Waals surface area (Å²) in [6.07, 6.45) is 6.66. The van der Waals surface area contributed by atoms with E-state index in [9.17, 15) is 0 Å². The third-order valence-corrected chi connectivity index (χ3v) is 6.96. The van der Waals surface area contributed by atoms with Crippen LogP contribution in [0.4, 0.5) is 0 Å². The summed E-state index contributed by atoms with van der Waals surface area (Å²) in [4.78, 5) is 2.34. The molecular weight excluding hydrogens is 350 g/mol. The summed E-state index contributed by atoms with van der Waals surface area (Å²) < 4.78 is 0. The number of fused-ring (bicyclic) bond motifs is 1. The highest BCUT2D eigenvalue weighted by Crippen LogP contribution is 2.49. The van der Waals surface area contributed by atoms with Gasteiger partial charge in [-0.3, -0.25) is 0 Å². The summed E-state index contributed by atoms with van der Waals surface area (Å²) in [7, 11) is 0. The van der Waals surface area contributed by atoms with Crippen molar-refractivity contribution in [2.24, 2.45) is 5.41 Å². The highest BCUT2D eigenvalue weighted by molar-refractivity contribution is 5.70. The van der Waals surface area contributed by atoms with E-state index < -0.39 is 0 Å². The van der Waals surface area contributed by atoms with Crippen molar-refractivity contribution in [3.05, 3.63) is 100.0 Å². The van der Waals surface area contributed by atoms with Crippen molar-refractivity contribution < 1.29 is 0 Å². The molecule has 29 heavy (non-hydrogen) atoms. The lowest BCUT2D eigenvalue weighted by molar-refractivity contribution is 0.443. The smallest absolute Gasteiger partial charge is 0.0488 e. The molecule has 0 saturated carbocycles. The van der Waals surface area contributed by atoms with Gasteiger partial charge in [-0.25, -0.2) is 0 Å². The first-order chi connectivity index (χ1) is 13.6. The Morgan fingerprint density at radius 1 is 1.21 bits per heavy atom. The average Bonchev–Trinajstić information content (AvgIpc) is 3.00. The predicted octanol–water partition coefficient (Wildman–Crippen LogP) is 7.67. The maximum atomic E-state index is 4.50. The van der Waals surface area contributed by atoms with E-state index in [1.54, 1.807) is 0 Å². The SMILES string of the molecule is C=C1C2=CC([C@@](C)(CC)C(=C)C)=C(CC)C(=C)N2C/C1=C/c1cc(C)ccc1C. The fraction of sp³-hybridized carbons (Fsp3) is 0.357. The molecule has 0 spiro atoms. The van der Waals surface area contributed by atoms with Crippen LogP contribution in [0.3, 0.4) is 0 Å². The Kier molecular flexibility index (Phi) is 5.63. The molecule has 0 radical (unpaired) electrons. The Hall–Kier alpha value is -2.54. The molecule has 0 unspecified atom stereocenters. The van der Waals surface area contributed by atoms with E-state index in [0.717, 1.165) is 30.7 Å². The van der Waals surface area contributed by atoms with Crippen LogP contribution >= 0.6 is 0 Å². The van der Waals surface area contributed by atoms with Crippen molar-refractivity contribution in [1.82, 2.24) is 4.90 Å². The van der Waals surface area contributed by atoms with Crippen molar-refractivity contribution in [1.29, 1.82) is 0 Å². The first-order valence-electron chi connectivity index (χ1n) is 10.7. The van der Waals surface area contributed by atoms with Crippen LogP contribution < -0.4 is 0 Å².